The second-order valence-electron chi connectivity index (χ2n) is 4.48. The largest absolute Gasteiger partial charge is 0.497 e. The van der Waals surface area contributed by atoms with Crippen molar-refractivity contribution in [2.24, 2.45) is 5.73 Å². The molecule has 1 fully saturated rings. The van der Waals surface area contributed by atoms with E-state index in [1.54, 1.807) is 0 Å². The predicted molar refractivity (Wildman–Crippen MR) is 62.6 cm³/mol. The van der Waals surface area contributed by atoms with Crippen LogP contribution in [0.15, 0.2) is 18.2 Å². The van der Waals surface area contributed by atoms with E-state index in [1.165, 1.54) is 19.2 Å². The fraction of sp³-hybridized carbons (Fsp3) is 0.500. The fourth-order valence-electron chi connectivity index (χ4n) is 2.01. The number of benzene rings is 1. The summed E-state index contributed by atoms with van der Waals surface area (Å²) in [6.45, 7) is 0. The Kier molecular flexibility index (Phi) is 3.38. The normalized spacial score (nSPS) is 23.4. The van der Waals surface area contributed by atoms with Gasteiger partial charge in [0.25, 0.3) is 0 Å². The van der Waals surface area contributed by atoms with Crippen LogP contribution in [0.4, 0.5) is 18.9 Å². The van der Waals surface area contributed by atoms with Gasteiger partial charge in [-0.15, -0.1) is 0 Å². The van der Waals surface area contributed by atoms with Gasteiger partial charge in [-0.3, -0.25) is 0 Å². The highest BCUT2D eigenvalue weighted by molar-refractivity contribution is 5.56. The summed E-state index contributed by atoms with van der Waals surface area (Å²) < 4.78 is 43.5. The van der Waals surface area contributed by atoms with Crippen molar-refractivity contribution in [3.63, 3.8) is 0 Å². The SMILES string of the molecule is COc1ccc(NC2CC(N)C2)c(C(F)(F)F)c1. The zero-order chi connectivity index (χ0) is 13.3. The van der Waals surface area contributed by atoms with Crippen molar-refractivity contribution in [3.8, 4) is 5.75 Å². The molecule has 0 aliphatic heterocycles. The van der Waals surface area contributed by atoms with Crippen molar-refractivity contribution < 1.29 is 17.9 Å². The molecule has 1 aromatic carbocycles. The zero-order valence-corrected chi connectivity index (χ0v) is 9.92. The van der Waals surface area contributed by atoms with Crippen LogP contribution in [0.25, 0.3) is 0 Å². The van der Waals surface area contributed by atoms with Crippen LogP contribution in [0.2, 0.25) is 0 Å². The average Bonchev–Trinajstić information content (AvgIpc) is 2.26. The van der Waals surface area contributed by atoms with Gasteiger partial charge in [-0.1, -0.05) is 0 Å². The van der Waals surface area contributed by atoms with Gasteiger partial charge in [-0.25, -0.2) is 0 Å². The van der Waals surface area contributed by atoms with Crippen LogP contribution in [0.3, 0.4) is 0 Å². The van der Waals surface area contributed by atoms with Gasteiger partial charge in [0.2, 0.25) is 0 Å². The number of methoxy groups -OCH3 is 1. The molecule has 3 nitrogen and oxygen atoms in total. The van der Waals surface area contributed by atoms with Gasteiger partial charge in [-0.2, -0.15) is 13.2 Å². The lowest BCUT2D eigenvalue weighted by molar-refractivity contribution is -0.137. The highest BCUT2D eigenvalue weighted by Crippen LogP contribution is 2.38. The number of hydrogen-bond acceptors (Lipinski definition) is 3. The van der Waals surface area contributed by atoms with E-state index < -0.39 is 11.7 Å². The molecule has 0 spiro atoms. The Morgan fingerprint density at radius 3 is 2.50 bits per heavy atom. The quantitative estimate of drug-likeness (QED) is 0.878. The Morgan fingerprint density at radius 1 is 1.33 bits per heavy atom. The Labute approximate surface area is 103 Å². The van der Waals surface area contributed by atoms with E-state index in [0.717, 1.165) is 6.07 Å². The first kappa shape index (κ1) is 13.0. The number of hydrogen-bond donors (Lipinski definition) is 2. The van der Waals surface area contributed by atoms with Crippen molar-refractivity contribution in [1.82, 2.24) is 0 Å². The molecule has 0 aromatic heterocycles. The molecule has 0 amide bonds. The van der Waals surface area contributed by atoms with E-state index in [4.69, 9.17) is 10.5 Å². The molecule has 18 heavy (non-hydrogen) atoms. The van der Waals surface area contributed by atoms with Crippen molar-refractivity contribution in [3.05, 3.63) is 23.8 Å². The topological polar surface area (TPSA) is 47.3 Å². The minimum atomic E-state index is -4.40. The Bertz CT molecular complexity index is 428. The molecule has 0 unspecified atom stereocenters. The molecule has 3 N–H and O–H groups in total. The van der Waals surface area contributed by atoms with Gasteiger partial charge in [0.1, 0.15) is 5.75 Å². The van der Waals surface area contributed by atoms with Crippen LogP contribution in [-0.4, -0.2) is 19.2 Å². The van der Waals surface area contributed by atoms with Gasteiger partial charge in [0.05, 0.1) is 12.7 Å². The summed E-state index contributed by atoms with van der Waals surface area (Å²) in [6.07, 6.45) is -3.00. The molecule has 1 aliphatic rings. The van der Waals surface area contributed by atoms with E-state index in [-0.39, 0.29) is 23.5 Å². The van der Waals surface area contributed by atoms with Crippen molar-refractivity contribution in [2.45, 2.75) is 31.1 Å². The highest BCUT2D eigenvalue weighted by Gasteiger charge is 2.35. The third kappa shape index (κ3) is 2.69. The lowest BCUT2D eigenvalue weighted by atomic mass is 9.87. The molecule has 100 valence electrons. The van der Waals surface area contributed by atoms with Crippen molar-refractivity contribution >= 4 is 5.69 Å². The van der Waals surface area contributed by atoms with Crippen molar-refractivity contribution in [1.29, 1.82) is 0 Å². The lowest BCUT2D eigenvalue weighted by Crippen LogP contribution is -2.44. The molecule has 1 aliphatic carbocycles. The summed E-state index contributed by atoms with van der Waals surface area (Å²) in [4.78, 5) is 0. The minimum Gasteiger partial charge on any atom is -0.497 e. The maximum Gasteiger partial charge on any atom is 0.418 e. The van der Waals surface area contributed by atoms with Crippen LogP contribution < -0.4 is 15.8 Å². The molecule has 0 saturated heterocycles. The van der Waals surface area contributed by atoms with Crippen LogP contribution in [0.1, 0.15) is 18.4 Å². The van der Waals surface area contributed by atoms with Crippen LogP contribution in [0.5, 0.6) is 5.75 Å². The number of nitrogens with two attached hydrogens (primary N) is 1. The predicted octanol–water partition coefficient (Wildman–Crippen LogP) is 2.62. The number of nitrogens with one attached hydrogen (secondary N) is 1. The van der Waals surface area contributed by atoms with Gasteiger partial charge < -0.3 is 15.8 Å². The lowest BCUT2D eigenvalue weighted by Gasteiger charge is -2.34. The number of ether oxygens (including phenoxy) is 1. The summed E-state index contributed by atoms with van der Waals surface area (Å²) in [5, 5.41) is 2.88. The van der Waals surface area contributed by atoms with Gasteiger partial charge in [-0.05, 0) is 31.0 Å². The zero-order valence-electron chi connectivity index (χ0n) is 9.92. The van der Waals surface area contributed by atoms with Crippen LogP contribution >= 0.6 is 0 Å². The first-order valence-electron chi connectivity index (χ1n) is 5.67. The van der Waals surface area contributed by atoms with Gasteiger partial charge in [0, 0.05) is 17.8 Å². The van der Waals surface area contributed by atoms with E-state index >= 15 is 0 Å². The standard InChI is InChI=1S/C12H15F3N2O/c1-18-9-2-3-11(10(6-9)12(13,14)15)17-8-4-7(16)5-8/h2-3,6-8,17H,4-5,16H2,1H3. The summed E-state index contributed by atoms with van der Waals surface area (Å²) in [6, 6.07) is 4.02. The molecule has 0 atom stereocenters. The fourth-order valence-corrected chi connectivity index (χ4v) is 2.01. The first-order chi connectivity index (χ1) is 8.40. The highest BCUT2D eigenvalue weighted by atomic mass is 19.4. The monoisotopic (exact) mass is 260 g/mol. The Hall–Kier alpha value is -1.43. The maximum atomic E-state index is 12.9. The molecular weight excluding hydrogens is 245 g/mol. The second-order valence-corrected chi connectivity index (χ2v) is 4.48. The molecular formula is C12H15F3N2O. The second kappa shape index (κ2) is 4.68. The Morgan fingerprint density at radius 2 is 2.00 bits per heavy atom. The molecule has 1 aromatic rings. The van der Waals surface area contributed by atoms with Crippen LogP contribution in [-0.2, 0) is 6.18 Å². The minimum absolute atomic E-state index is 0.0227. The van der Waals surface area contributed by atoms with E-state index in [1.807, 2.05) is 0 Å². The summed E-state index contributed by atoms with van der Waals surface area (Å²) in [5.41, 5.74) is 4.99. The number of alkyl halides is 3. The summed E-state index contributed by atoms with van der Waals surface area (Å²) in [5.74, 6) is 0.193. The smallest absolute Gasteiger partial charge is 0.418 e. The first-order valence-corrected chi connectivity index (χ1v) is 5.67. The van der Waals surface area contributed by atoms with E-state index in [0.29, 0.717) is 12.8 Å². The number of rotatable bonds is 3. The van der Waals surface area contributed by atoms with Crippen LogP contribution in [0, 0.1) is 0 Å². The third-order valence-electron chi connectivity index (χ3n) is 3.07. The maximum absolute atomic E-state index is 12.9. The molecule has 0 radical (unpaired) electrons. The van der Waals surface area contributed by atoms with Gasteiger partial charge in [0.15, 0.2) is 0 Å². The van der Waals surface area contributed by atoms with Crippen molar-refractivity contribution in [2.75, 3.05) is 12.4 Å². The summed E-state index contributed by atoms with van der Waals surface area (Å²) in [7, 11) is 1.34. The molecule has 1 saturated carbocycles. The van der Waals surface area contributed by atoms with E-state index in [2.05, 4.69) is 5.32 Å². The average molecular weight is 260 g/mol. The summed E-state index contributed by atoms with van der Waals surface area (Å²) >= 11 is 0. The molecule has 0 bridgehead atoms. The molecule has 6 heteroatoms. The molecule has 2 rings (SSSR count). The third-order valence-corrected chi connectivity index (χ3v) is 3.07. The molecule has 0 heterocycles. The van der Waals surface area contributed by atoms with Gasteiger partial charge >= 0.3 is 6.18 Å². The Balaban J connectivity index is 2.22. The van der Waals surface area contributed by atoms with E-state index in [9.17, 15) is 13.2 Å². The number of halogens is 3. The number of anilines is 1.